The van der Waals surface area contributed by atoms with E-state index in [1.165, 1.54) is 109 Å². The van der Waals surface area contributed by atoms with Gasteiger partial charge >= 0.3 is 11.9 Å². The second-order valence-electron chi connectivity index (χ2n) is 11.5. The maximum atomic E-state index is 12.8. The Morgan fingerprint density at radius 2 is 0.816 bits per heavy atom. The van der Waals surface area contributed by atoms with Crippen LogP contribution >= 0.6 is 0 Å². The molecular formula is C34H66O4. The van der Waals surface area contributed by atoms with Crippen LogP contribution in [0.4, 0.5) is 0 Å². The molecular weight excluding hydrogens is 472 g/mol. The molecule has 0 aliphatic rings. The van der Waals surface area contributed by atoms with Crippen molar-refractivity contribution in [1.82, 2.24) is 0 Å². The molecule has 0 aromatic rings. The predicted molar refractivity (Wildman–Crippen MR) is 162 cm³/mol. The minimum Gasteiger partial charge on any atom is -0.466 e. The predicted octanol–water partition coefficient (Wildman–Crippen LogP) is 10.9. The zero-order valence-corrected chi connectivity index (χ0v) is 26.0. The number of hydrogen-bond acceptors (Lipinski definition) is 4. The SMILES string of the molecule is CCCCCCCCCCCCOC(=O)C(CCCCCCCC)CCCC(=O)OCCCCCCCC. The first-order valence-corrected chi connectivity index (χ1v) is 17.0. The van der Waals surface area contributed by atoms with Gasteiger partial charge in [-0.05, 0) is 32.1 Å². The van der Waals surface area contributed by atoms with E-state index in [-0.39, 0.29) is 17.9 Å². The highest BCUT2D eigenvalue weighted by molar-refractivity contribution is 5.72. The van der Waals surface area contributed by atoms with Crippen molar-refractivity contribution in [3.63, 3.8) is 0 Å². The Kier molecular flexibility index (Phi) is 29.6. The third-order valence-electron chi connectivity index (χ3n) is 7.68. The summed E-state index contributed by atoms with van der Waals surface area (Å²) in [6.07, 6.45) is 30.0. The maximum Gasteiger partial charge on any atom is 0.308 e. The van der Waals surface area contributed by atoms with Crippen molar-refractivity contribution >= 4 is 11.9 Å². The van der Waals surface area contributed by atoms with Gasteiger partial charge in [0.05, 0.1) is 19.1 Å². The first-order chi connectivity index (χ1) is 18.7. The molecule has 0 amide bonds. The Hall–Kier alpha value is -1.06. The summed E-state index contributed by atoms with van der Waals surface area (Å²) in [5.74, 6) is -0.235. The van der Waals surface area contributed by atoms with E-state index in [1.54, 1.807) is 0 Å². The van der Waals surface area contributed by atoms with Gasteiger partial charge in [0.15, 0.2) is 0 Å². The molecule has 0 N–H and O–H groups in total. The fourth-order valence-corrected chi connectivity index (χ4v) is 5.06. The molecule has 0 aliphatic heterocycles. The molecule has 1 atom stereocenters. The first kappa shape index (κ1) is 36.9. The van der Waals surface area contributed by atoms with Gasteiger partial charge < -0.3 is 9.47 Å². The van der Waals surface area contributed by atoms with Crippen LogP contribution in [-0.2, 0) is 19.1 Å². The van der Waals surface area contributed by atoms with Crippen LogP contribution < -0.4 is 0 Å². The van der Waals surface area contributed by atoms with Crippen molar-refractivity contribution in [2.75, 3.05) is 13.2 Å². The highest BCUT2D eigenvalue weighted by atomic mass is 16.5. The average molecular weight is 539 g/mol. The molecule has 0 fully saturated rings. The van der Waals surface area contributed by atoms with E-state index >= 15 is 0 Å². The third kappa shape index (κ3) is 26.5. The lowest BCUT2D eigenvalue weighted by molar-refractivity contribution is -0.150. The van der Waals surface area contributed by atoms with Crippen molar-refractivity contribution in [3.05, 3.63) is 0 Å². The fraction of sp³-hybridized carbons (Fsp3) is 0.941. The van der Waals surface area contributed by atoms with Crippen molar-refractivity contribution < 1.29 is 19.1 Å². The summed E-state index contributed by atoms with van der Waals surface area (Å²) in [6, 6.07) is 0. The number of hydrogen-bond donors (Lipinski definition) is 0. The Labute approximate surface area is 237 Å². The number of esters is 2. The molecule has 38 heavy (non-hydrogen) atoms. The zero-order valence-electron chi connectivity index (χ0n) is 26.0. The zero-order chi connectivity index (χ0) is 27.9. The van der Waals surface area contributed by atoms with E-state index in [0.717, 1.165) is 44.9 Å². The van der Waals surface area contributed by atoms with Crippen molar-refractivity contribution in [1.29, 1.82) is 0 Å². The van der Waals surface area contributed by atoms with E-state index in [9.17, 15) is 9.59 Å². The van der Waals surface area contributed by atoms with Crippen LogP contribution in [0.15, 0.2) is 0 Å². The molecule has 0 heterocycles. The Morgan fingerprint density at radius 3 is 1.29 bits per heavy atom. The lowest BCUT2D eigenvalue weighted by Gasteiger charge is -2.16. The van der Waals surface area contributed by atoms with Crippen LogP contribution in [0.1, 0.15) is 188 Å². The quantitative estimate of drug-likeness (QED) is 0.0674. The van der Waals surface area contributed by atoms with E-state index < -0.39 is 0 Å². The molecule has 1 unspecified atom stereocenters. The normalized spacial score (nSPS) is 12.0. The Balaban J connectivity index is 4.10. The van der Waals surface area contributed by atoms with Gasteiger partial charge in [0.1, 0.15) is 0 Å². The number of carbonyl (C=O) groups is 2. The van der Waals surface area contributed by atoms with Gasteiger partial charge in [-0.1, -0.05) is 149 Å². The molecule has 0 saturated carbocycles. The van der Waals surface area contributed by atoms with E-state index in [2.05, 4.69) is 20.8 Å². The van der Waals surface area contributed by atoms with E-state index in [0.29, 0.717) is 26.1 Å². The van der Waals surface area contributed by atoms with Crippen LogP contribution in [0.5, 0.6) is 0 Å². The van der Waals surface area contributed by atoms with E-state index in [1.807, 2.05) is 0 Å². The summed E-state index contributed by atoms with van der Waals surface area (Å²) in [5, 5.41) is 0. The smallest absolute Gasteiger partial charge is 0.308 e. The van der Waals surface area contributed by atoms with Gasteiger partial charge in [-0.25, -0.2) is 0 Å². The Bertz CT molecular complexity index is 505. The molecule has 0 aromatic heterocycles. The summed E-state index contributed by atoms with van der Waals surface area (Å²) in [7, 11) is 0. The van der Waals surface area contributed by atoms with Gasteiger partial charge in [-0.15, -0.1) is 0 Å². The molecule has 0 aliphatic carbocycles. The summed E-state index contributed by atoms with van der Waals surface area (Å²) in [6.45, 7) is 7.80. The summed E-state index contributed by atoms with van der Waals surface area (Å²) in [5.41, 5.74) is 0. The average Bonchev–Trinajstić information content (AvgIpc) is 2.92. The number of ether oxygens (including phenoxy) is 2. The molecule has 226 valence electrons. The van der Waals surface area contributed by atoms with Crippen molar-refractivity contribution in [2.45, 2.75) is 188 Å². The third-order valence-corrected chi connectivity index (χ3v) is 7.68. The topological polar surface area (TPSA) is 52.6 Å². The molecule has 0 saturated heterocycles. The maximum absolute atomic E-state index is 12.8. The van der Waals surface area contributed by atoms with Crippen molar-refractivity contribution in [3.8, 4) is 0 Å². The minimum absolute atomic E-state index is 0.0464. The highest BCUT2D eigenvalue weighted by Gasteiger charge is 2.20. The fourth-order valence-electron chi connectivity index (χ4n) is 5.06. The minimum atomic E-state index is -0.115. The van der Waals surface area contributed by atoms with Gasteiger partial charge in [0.25, 0.3) is 0 Å². The van der Waals surface area contributed by atoms with Gasteiger partial charge in [-0.3, -0.25) is 9.59 Å². The monoisotopic (exact) mass is 538 g/mol. The molecule has 0 radical (unpaired) electrons. The highest BCUT2D eigenvalue weighted by Crippen LogP contribution is 2.20. The van der Waals surface area contributed by atoms with Crippen LogP contribution in [0, 0.1) is 5.92 Å². The number of unbranched alkanes of at least 4 members (excludes halogenated alkanes) is 19. The lowest BCUT2D eigenvalue weighted by Crippen LogP contribution is -2.19. The molecule has 4 nitrogen and oxygen atoms in total. The van der Waals surface area contributed by atoms with Crippen LogP contribution in [0.25, 0.3) is 0 Å². The lowest BCUT2D eigenvalue weighted by atomic mass is 9.95. The first-order valence-electron chi connectivity index (χ1n) is 17.0. The summed E-state index contributed by atoms with van der Waals surface area (Å²) in [4.78, 5) is 25.0. The Morgan fingerprint density at radius 1 is 0.447 bits per heavy atom. The second-order valence-corrected chi connectivity index (χ2v) is 11.5. The molecule has 0 rings (SSSR count). The van der Waals surface area contributed by atoms with Crippen molar-refractivity contribution in [2.24, 2.45) is 5.92 Å². The number of carbonyl (C=O) groups excluding carboxylic acids is 2. The number of rotatable bonds is 30. The van der Waals surface area contributed by atoms with Gasteiger partial charge in [0, 0.05) is 6.42 Å². The summed E-state index contributed by atoms with van der Waals surface area (Å²) >= 11 is 0. The second kappa shape index (κ2) is 30.5. The van der Waals surface area contributed by atoms with Crippen LogP contribution in [-0.4, -0.2) is 25.2 Å². The molecule has 0 bridgehead atoms. The largest absolute Gasteiger partial charge is 0.466 e. The van der Waals surface area contributed by atoms with Crippen LogP contribution in [0.2, 0.25) is 0 Å². The molecule has 0 spiro atoms. The molecule has 0 aromatic carbocycles. The van der Waals surface area contributed by atoms with Gasteiger partial charge in [-0.2, -0.15) is 0 Å². The summed E-state index contributed by atoms with van der Waals surface area (Å²) < 4.78 is 11.1. The van der Waals surface area contributed by atoms with Crippen LogP contribution in [0.3, 0.4) is 0 Å². The van der Waals surface area contributed by atoms with Gasteiger partial charge in [0.2, 0.25) is 0 Å². The standard InChI is InChI=1S/C34H66O4/c1-4-7-10-13-16-17-18-19-22-25-31-38-34(36)32(27-23-20-14-11-8-5-2)28-26-29-33(35)37-30-24-21-15-12-9-6-3/h32H,4-31H2,1-3H3. The van der Waals surface area contributed by atoms with E-state index in [4.69, 9.17) is 9.47 Å². The molecule has 4 heteroatoms.